The summed E-state index contributed by atoms with van der Waals surface area (Å²) in [6.45, 7) is 3.79. The van der Waals surface area contributed by atoms with E-state index in [2.05, 4.69) is 49.1 Å². The average Bonchev–Trinajstić information content (AvgIpc) is 3.33. The lowest BCUT2D eigenvalue weighted by atomic mass is 9.89. The van der Waals surface area contributed by atoms with Crippen molar-refractivity contribution in [3.63, 3.8) is 0 Å². The van der Waals surface area contributed by atoms with Crippen LogP contribution in [0.1, 0.15) is 31.2 Å². The van der Waals surface area contributed by atoms with Crippen LogP contribution in [0.2, 0.25) is 0 Å². The van der Waals surface area contributed by atoms with Gasteiger partial charge in [0.25, 0.3) is 0 Å². The second-order valence-electron chi connectivity index (χ2n) is 9.30. The summed E-state index contributed by atoms with van der Waals surface area (Å²) in [7, 11) is -1.36. The van der Waals surface area contributed by atoms with Crippen LogP contribution in [0, 0.1) is 5.82 Å². The zero-order valence-electron chi connectivity index (χ0n) is 21.2. The zero-order chi connectivity index (χ0) is 26.7. The molecule has 0 aliphatic carbocycles. The van der Waals surface area contributed by atoms with Gasteiger partial charge in [0.15, 0.2) is 5.13 Å². The predicted molar refractivity (Wildman–Crippen MR) is 151 cm³/mol. The van der Waals surface area contributed by atoms with E-state index in [0.29, 0.717) is 33.7 Å². The van der Waals surface area contributed by atoms with Crippen molar-refractivity contribution in [2.24, 2.45) is 0 Å². The molecule has 198 valence electrons. The van der Waals surface area contributed by atoms with E-state index in [1.165, 1.54) is 29.0 Å². The van der Waals surface area contributed by atoms with Gasteiger partial charge in [0.2, 0.25) is 16.0 Å². The number of piperidine rings is 1. The van der Waals surface area contributed by atoms with Gasteiger partial charge < -0.3 is 10.2 Å². The molecule has 2 aromatic carbocycles. The summed E-state index contributed by atoms with van der Waals surface area (Å²) in [5, 5.41) is 3.49. The first-order chi connectivity index (χ1) is 18.3. The third-order valence-corrected chi connectivity index (χ3v) is 9.00. The molecule has 2 N–H and O–H groups in total. The summed E-state index contributed by atoms with van der Waals surface area (Å²) in [4.78, 5) is 16.6. The van der Waals surface area contributed by atoms with Gasteiger partial charge in [-0.15, -0.1) is 0 Å². The Hall–Kier alpha value is -3.41. The number of rotatable bonds is 8. The highest BCUT2D eigenvalue weighted by molar-refractivity contribution is 7.92. The molecule has 1 aliphatic heterocycles. The van der Waals surface area contributed by atoms with Gasteiger partial charge in [0, 0.05) is 17.4 Å². The Morgan fingerprint density at radius 2 is 1.74 bits per heavy atom. The van der Waals surface area contributed by atoms with Crippen LogP contribution in [-0.2, 0) is 10.0 Å². The highest BCUT2D eigenvalue weighted by atomic mass is 32.2. The van der Waals surface area contributed by atoms with E-state index in [9.17, 15) is 12.8 Å². The van der Waals surface area contributed by atoms with Crippen LogP contribution in [0.25, 0.3) is 21.8 Å². The minimum atomic E-state index is -3.52. The molecule has 1 aliphatic rings. The molecular weight excluding hydrogens is 523 g/mol. The number of nitrogens with one attached hydrogen (secondary N) is 2. The number of aromatic nitrogens is 3. The fourth-order valence-electron chi connectivity index (χ4n) is 4.40. The molecule has 8 nitrogen and oxygen atoms in total. The fraction of sp³-hybridized carbons (Fsp3) is 0.296. The van der Waals surface area contributed by atoms with E-state index in [4.69, 9.17) is 0 Å². The largest absolute Gasteiger partial charge is 0.324 e. The molecule has 0 spiro atoms. The maximum absolute atomic E-state index is 13.6. The first kappa shape index (κ1) is 26.2. The highest BCUT2D eigenvalue weighted by Gasteiger charge is 2.20. The Kier molecular flexibility index (Phi) is 7.68. The Bertz CT molecular complexity index is 1500. The molecule has 3 heterocycles. The number of halogens is 1. The van der Waals surface area contributed by atoms with E-state index < -0.39 is 10.0 Å². The maximum Gasteiger partial charge on any atom is 0.234 e. The molecule has 0 amide bonds. The number of benzene rings is 2. The molecule has 0 radical (unpaired) electrons. The number of thiazole rings is 1. The Balaban J connectivity index is 1.41. The molecule has 0 atom stereocenters. The molecule has 5 rings (SSSR count). The van der Waals surface area contributed by atoms with Crippen molar-refractivity contribution in [3.05, 3.63) is 72.2 Å². The smallest absolute Gasteiger partial charge is 0.234 e. The first-order valence-corrected chi connectivity index (χ1v) is 14.9. The van der Waals surface area contributed by atoms with Crippen LogP contribution in [0.3, 0.4) is 0 Å². The zero-order valence-corrected chi connectivity index (χ0v) is 22.8. The summed E-state index contributed by atoms with van der Waals surface area (Å²) in [6.07, 6.45) is 3.97. The van der Waals surface area contributed by atoms with Gasteiger partial charge in [-0.1, -0.05) is 23.5 Å². The lowest BCUT2D eigenvalue weighted by Crippen LogP contribution is -2.29. The number of hydrogen-bond donors (Lipinski definition) is 2. The molecule has 1 saturated heterocycles. The maximum atomic E-state index is 13.6. The second-order valence-corrected chi connectivity index (χ2v) is 12.3. The number of anilines is 3. The quantitative estimate of drug-likeness (QED) is 0.288. The first-order valence-electron chi connectivity index (χ1n) is 12.5. The molecule has 4 aromatic rings. The highest BCUT2D eigenvalue weighted by Crippen LogP contribution is 2.39. The molecule has 0 bridgehead atoms. The predicted octanol–water partition coefficient (Wildman–Crippen LogP) is 5.72. The number of sulfonamides is 1. The summed E-state index contributed by atoms with van der Waals surface area (Å²) in [5.74, 6) is 0.540. The standard InChI is InChI=1S/C27H29FN6O2S2/c1-3-38(35,36)33-27-32-24(20-4-8-21(28)9-5-20)25(37-27)23-12-15-29-26(31-23)30-22-10-6-18(7-11-22)19-13-16-34(2)17-14-19/h4-12,15,19H,3,13-14,16-17H2,1-2H3,(H,32,33)(H,29,30,31). The van der Waals surface area contributed by atoms with E-state index >= 15 is 0 Å². The van der Waals surface area contributed by atoms with Crippen molar-refractivity contribution in [1.82, 2.24) is 19.9 Å². The monoisotopic (exact) mass is 552 g/mol. The van der Waals surface area contributed by atoms with E-state index in [-0.39, 0.29) is 16.7 Å². The van der Waals surface area contributed by atoms with Gasteiger partial charge in [-0.3, -0.25) is 4.72 Å². The van der Waals surface area contributed by atoms with Gasteiger partial charge >= 0.3 is 0 Å². The molecule has 1 fully saturated rings. The minimum absolute atomic E-state index is 0.0774. The van der Waals surface area contributed by atoms with Crippen LogP contribution in [0.5, 0.6) is 0 Å². The Labute approximate surface area is 226 Å². The van der Waals surface area contributed by atoms with Crippen molar-refractivity contribution in [2.45, 2.75) is 25.7 Å². The Morgan fingerprint density at radius 1 is 1.03 bits per heavy atom. The molecule has 0 saturated carbocycles. The van der Waals surface area contributed by atoms with Crippen LogP contribution in [0.15, 0.2) is 60.8 Å². The van der Waals surface area contributed by atoms with E-state index in [1.54, 1.807) is 31.3 Å². The lowest BCUT2D eigenvalue weighted by molar-refractivity contribution is 0.255. The lowest BCUT2D eigenvalue weighted by Gasteiger charge is -2.29. The summed E-state index contributed by atoms with van der Waals surface area (Å²) in [5.41, 5.74) is 3.95. The molecule has 0 unspecified atom stereocenters. The van der Waals surface area contributed by atoms with Crippen LogP contribution >= 0.6 is 11.3 Å². The van der Waals surface area contributed by atoms with Gasteiger partial charge in [-0.2, -0.15) is 0 Å². The molecule has 38 heavy (non-hydrogen) atoms. The van der Waals surface area contributed by atoms with Gasteiger partial charge in [0.05, 0.1) is 22.0 Å². The van der Waals surface area contributed by atoms with Crippen LogP contribution in [-0.4, -0.2) is 54.2 Å². The van der Waals surface area contributed by atoms with Crippen molar-refractivity contribution in [3.8, 4) is 21.8 Å². The van der Waals surface area contributed by atoms with Gasteiger partial charge in [0.1, 0.15) is 5.82 Å². The average molecular weight is 553 g/mol. The van der Waals surface area contributed by atoms with Crippen molar-refractivity contribution in [2.75, 3.05) is 35.9 Å². The topological polar surface area (TPSA) is 100 Å². The second kappa shape index (κ2) is 11.1. The number of nitrogens with zero attached hydrogens (tertiary/aromatic N) is 4. The third-order valence-electron chi connectivity index (χ3n) is 6.61. The van der Waals surface area contributed by atoms with Gasteiger partial charge in [-0.25, -0.2) is 27.8 Å². The third kappa shape index (κ3) is 6.17. The van der Waals surface area contributed by atoms with E-state index in [1.807, 2.05) is 12.1 Å². The summed E-state index contributed by atoms with van der Waals surface area (Å²) < 4.78 is 40.4. The SMILES string of the molecule is CCS(=O)(=O)Nc1nc(-c2ccc(F)cc2)c(-c2ccnc(Nc3ccc(C4CCN(C)CC4)cc3)n2)s1. The fourth-order valence-corrected chi connectivity index (χ4v) is 6.21. The minimum Gasteiger partial charge on any atom is -0.324 e. The summed E-state index contributed by atoms with van der Waals surface area (Å²) >= 11 is 1.17. The molecular formula is C27H29FN6O2S2. The van der Waals surface area contributed by atoms with Crippen LogP contribution in [0.4, 0.5) is 21.2 Å². The van der Waals surface area contributed by atoms with Crippen molar-refractivity contribution < 1.29 is 12.8 Å². The molecule has 11 heteroatoms. The summed E-state index contributed by atoms with van der Waals surface area (Å²) in [6, 6.07) is 16.0. The van der Waals surface area contributed by atoms with Crippen molar-refractivity contribution in [1.29, 1.82) is 0 Å². The Morgan fingerprint density at radius 3 is 2.42 bits per heavy atom. The van der Waals surface area contributed by atoms with Gasteiger partial charge in [-0.05, 0) is 93.8 Å². The van der Waals surface area contributed by atoms with Crippen LogP contribution < -0.4 is 10.0 Å². The van der Waals surface area contributed by atoms with E-state index in [0.717, 1.165) is 31.6 Å². The molecule has 2 aromatic heterocycles. The van der Waals surface area contributed by atoms with Crippen molar-refractivity contribution >= 4 is 38.1 Å². The number of hydrogen-bond acceptors (Lipinski definition) is 8. The number of likely N-dealkylation sites (tertiary alicyclic amines) is 1. The normalized spacial score (nSPS) is 14.9.